The van der Waals surface area contributed by atoms with Crippen molar-refractivity contribution in [2.75, 3.05) is 5.32 Å². The SMILES string of the molecule is O=C(CC=C(NNC(=O)c1ccccc1)c1ccccc1)Nc1ccccc1. The summed E-state index contributed by atoms with van der Waals surface area (Å²) < 4.78 is 0. The van der Waals surface area contributed by atoms with Crippen molar-refractivity contribution in [1.29, 1.82) is 0 Å². The first-order chi connectivity index (χ1) is 13.7. The fraction of sp³-hybridized carbons (Fsp3) is 0.0435. The highest BCUT2D eigenvalue weighted by Crippen LogP contribution is 2.12. The van der Waals surface area contributed by atoms with E-state index in [4.69, 9.17) is 0 Å². The maximum Gasteiger partial charge on any atom is 0.269 e. The zero-order chi connectivity index (χ0) is 19.6. The van der Waals surface area contributed by atoms with Gasteiger partial charge in [0.2, 0.25) is 5.91 Å². The first-order valence-electron chi connectivity index (χ1n) is 8.94. The van der Waals surface area contributed by atoms with Gasteiger partial charge >= 0.3 is 0 Å². The molecule has 0 fully saturated rings. The molecule has 0 aliphatic carbocycles. The number of anilines is 1. The summed E-state index contributed by atoms with van der Waals surface area (Å²) in [6.07, 6.45) is 1.91. The van der Waals surface area contributed by atoms with Crippen LogP contribution in [0.4, 0.5) is 5.69 Å². The minimum absolute atomic E-state index is 0.143. The highest BCUT2D eigenvalue weighted by atomic mass is 16.2. The lowest BCUT2D eigenvalue weighted by atomic mass is 10.1. The van der Waals surface area contributed by atoms with E-state index in [9.17, 15) is 9.59 Å². The molecule has 0 atom stereocenters. The van der Waals surface area contributed by atoms with Crippen molar-refractivity contribution in [3.63, 3.8) is 0 Å². The summed E-state index contributed by atoms with van der Waals surface area (Å²) in [6, 6.07) is 27.7. The number of hydrogen-bond acceptors (Lipinski definition) is 3. The molecule has 3 aromatic carbocycles. The Bertz CT molecular complexity index is 939. The summed E-state index contributed by atoms with van der Waals surface area (Å²) >= 11 is 0. The quantitative estimate of drug-likeness (QED) is 0.550. The molecule has 0 spiro atoms. The number of carbonyl (C=O) groups excluding carboxylic acids is 2. The number of carbonyl (C=O) groups is 2. The second-order valence-corrected chi connectivity index (χ2v) is 6.05. The fourth-order valence-corrected chi connectivity index (χ4v) is 2.57. The molecule has 28 heavy (non-hydrogen) atoms. The first-order valence-corrected chi connectivity index (χ1v) is 8.94. The normalized spacial score (nSPS) is 10.8. The fourth-order valence-electron chi connectivity index (χ4n) is 2.57. The molecule has 0 unspecified atom stereocenters. The molecule has 5 nitrogen and oxygen atoms in total. The number of amides is 2. The van der Waals surface area contributed by atoms with Crippen LogP contribution in [0, 0.1) is 0 Å². The molecular weight excluding hydrogens is 350 g/mol. The molecule has 5 heteroatoms. The van der Waals surface area contributed by atoms with Crippen LogP contribution in [0.1, 0.15) is 22.3 Å². The van der Waals surface area contributed by atoms with Crippen LogP contribution in [0.5, 0.6) is 0 Å². The monoisotopic (exact) mass is 371 g/mol. The average molecular weight is 371 g/mol. The molecule has 0 saturated carbocycles. The third-order valence-corrected chi connectivity index (χ3v) is 3.98. The van der Waals surface area contributed by atoms with E-state index in [-0.39, 0.29) is 18.2 Å². The van der Waals surface area contributed by atoms with Gasteiger partial charge in [0, 0.05) is 17.7 Å². The van der Waals surface area contributed by atoms with E-state index in [1.54, 1.807) is 30.3 Å². The Morgan fingerprint density at radius 2 is 1.21 bits per heavy atom. The van der Waals surface area contributed by atoms with Gasteiger partial charge in [-0.3, -0.25) is 20.4 Å². The molecule has 3 aromatic rings. The molecule has 0 aromatic heterocycles. The lowest BCUT2D eigenvalue weighted by Gasteiger charge is -2.13. The maximum absolute atomic E-state index is 12.3. The minimum atomic E-state index is -0.254. The first kappa shape index (κ1) is 18.9. The van der Waals surface area contributed by atoms with E-state index in [0.717, 1.165) is 11.3 Å². The van der Waals surface area contributed by atoms with Crippen LogP contribution in [0.2, 0.25) is 0 Å². The topological polar surface area (TPSA) is 70.2 Å². The lowest BCUT2D eigenvalue weighted by Crippen LogP contribution is -2.36. The van der Waals surface area contributed by atoms with Crippen molar-refractivity contribution < 1.29 is 9.59 Å². The van der Waals surface area contributed by atoms with Gasteiger partial charge in [0.15, 0.2) is 0 Å². The molecule has 0 saturated heterocycles. The standard InChI is InChI=1S/C23H21N3O2/c27-22(24-20-14-8-3-9-15-20)17-16-21(18-10-4-1-5-11-18)25-26-23(28)19-12-6-2-7-13-19/h1-16,25H,17H2,(H,24,27)(H,26,28). The van der Waals surface area contributed by atoms with E-state index < -0.39 is 0 Å². The van der Waals surface area contributed by atoms with Crippen LogP contribution >= 0.6 is 0 Å². The number of hydrogen-bond donors (Lipinski definition) is 3. The molecular formula is C23H21N3O2. The Hall–Kier alpha value is -3.86. The van der Waals surface area contributed by atoms with Gasteiger partial charge in [0.25, 0.3) is 5.91 Å². The summed E-state index contributed by atoms with van der Waals surface area (Å²) in [5, 5.41) is 2.84. The summed E-state index contributed by atoms with van der Waals surface area (Å²) in [7, 11) is 0. The molecule has 0 heterocycles. The molecule has 140 valence electrons. The maximum atomic E-state index is 12.3. The van der Waals surface area contributed by atoms with E-state index in [1.807, 2.05) is 66.7 Å². The number of para-hydroxylation sites is 1. The van der Waals surface area contributed by atoms with Crippen molar-refractivity contribution in [2.24, 2.45) is 0 Å². The highest BCUT2D eigenvalue weighted by Gasteiger charge is 2.07. The lowest BCUT2D eigenvalue weighted by molar-refractivity contribution is -0.115. The summed E-state index contributed by atoms with van der Waals surface area (Å²) in [5.74, 6) is -0.396. The van der Waals surface area contributed by atoms with Crippen LogP contribution in [0.15, 0.2) is 97.1 Å². The number of benzene rings is 3. The van der Waals surface area contributed by atoms with E-state index in [0.29, 0.717) is 11.3 Å². The van der Waals surface area contributed by atoms with Crippen molar-refractivity contribution in [3.05, 3.63) is 108 Å². The van der Waals surface area contributed by atoms with E-state index >= 15 is 0 Å². The van der Waals surface area contributed by atoms with Crippen LogP contribution in [-0.4, -0.2) is 11.8 Å². The molecule has 0 radical (unpaired) electrons. The largest absolute Gasteiger partial charge is 0.326 e. The predicted octanol–water partition coefficient (Wildman–Crippen LogP) is 3.99. The van der Waals surface area contributed by atoms with Gasteiger partial charge < -0.3 is 5.32 Å². The van der Waals surface area contributed by atoms with Crippen molar-refractivity contribution >= 4 is 23.2 Å². The zero-order valence-corrected chi connectivity index (χ0v) is 15.3. The Labute approximate surface area is 164 Å². The van der Waals surface area contributed by atoms with E-state index in [2.05, 4.69) is 16.2 Å². The second kappa shape index (κ2) is 9.73. The molecule has 0 aliphatic heterocycles. The van der Waals surface area contributed by atoms with Crippen LogP contribution in [0.3, 0.4) is 0 Å². The second-order valence-electron chi connectivity index (χ2n) is 6.05. The smallest absolute Gasteiger partial charge is 0.269 e. The van der Waals surface area contributed by atoms with Crippen molar-refractivity contribution in [1.82, 2.24) is 10.9 Å². The Balaban J connectivity index is 1.67. The summed E-state index contributed by atoms with van der Waals surface area (Å²) in [6.45, 7) is 0. The summed E-state index contributed by atoms with van der Waals surface area (Å²) in [5.41, 5.74) is 8.42. The van der Waals surface area contributed by atoms with Crippen LogP contribution in [-0.2, 0) is 4.79 Å². The van der Waals surface area contributed by atoms with Crippen molar-refractivity contribution in [3.8, 4) is 0 Å². The van der Waals surface area contributed by atoms with Gasteiger partial charge in [-0.2, -0.15) is 0 Å². The highest BCUT2D eigenvalue weighted by molar-refractivity contribution is 5.95. The Kier molecular flexibility index (Phi) is 6.57. The minimum Gasteiger partial charge on any atom is -0.326 e. The molecule has 2 amide bonds. The number of nitrogens with one attached hydrogen (secondary N) is 3. The van der Waals surface area contributed by atoms with Gasteiger partial charge in [-0.1, -0.05) is 66.7 Å². The number of hydrazine groups is 1. The van der Waals surface area contributed by atoms with Gasteiger partial charge in [-0.25, -0.2) is 0 Å². The van der Waals surface area contributed by atoms with Crippen LogP contribution in [0.25, 0.3) is 5.70 Å². The third kappa shape index (κ3) is 5.57. The van der Waals surface area contributed by atoms with Crippen molar-refractivity contribution in [2.45, 2.75) is 6.42 Å². The van der Waals surface area contributed by atoms with Gasteiger partial charge in [0.05, 0.1) is 5.70 Å². The predicted molar refractivity (Wildman–Crippen MR) is 111 cm³/mol. The van der Waals surface area contributed by atoms with Gasteiger partial charge in [-0.05, 0) is 35.9 Å². The third-order valence-electron chi connectivity index (χ3n) is 3.98. The van der Waals surface area contributed by atoms with Gasteiger partial charge in [-0.15, -0.1) is 0 Å². The average Bonchev–Trinajstić information content (AvgIpc) is 2.75. The molecule has 3 rings (SSSR count). The zero-order valence-electron chi connectivity index (χ0n) is 15.3. The molecule has 3 N–H and O–H groups in total. The molecule has 0 bridgehead atoms. The van der Waals surface area contributed by atoms with E-state index in [1.165, 1.54) is 0 Å². The van der Waals surface area contributed by atoms with Crippen LogP contribution < -0.4 is 16.2 Å². The van der Waals surface area contributed by atoms with Gasteiger partial charge in [0.1, 0.15) is 0 Å². The Morgan fingerprint density at radius 3 is 1.82 bits per heavy atom. The number of rotatable bonds is 7. The summed E-state index contributed by atoms with van der Waals surface area (Å²) in [4.78, 5) is 24.5. The molecule has 0 aliphatic rings. The Morgan fingerprint density at radius 1 is 0.679 bits per heavy atom.